The van der Waals surface area contributed by atoms with Gasteiger partial charge in [-0.25, -0.2) is 9.07 Å². The van der Waals surface area contributed by atoms with Crippen molar-refractivity contribution >= 4 is 29.6 Å². The Morgan fingerprint density at radius 3 is 2.59 bits per heavy atom. The number of rotatable bonds is 7. The summed E-state index contributed by atoms with van der Waals surface area (Å²) < 4.78 is 61.5. The molecule has 3 N–H and O–H groups in total. The molecule has 296 valence electrons. The molecule has 3 heterocycles. The molecule has 0 unspecified atom stereocenters. The van der Waals surface area contributed by atoms with Gasteiger partial charge in [-0.1, -0.05) is 32.8 Å². The van der Waals surface area contributed by atoms with Gasteiger partial charge in [-0.3, -0.25) is 4.79 Å². The van der Waals surface area contributed by atoms with Gasteiger partial charge in [0.05, 0.1) is 42.9 Å². The zero-order valence-electron chi connectivity index (χ0n) is 30.8. The smallest absolute Gasteiger partial charge is 0.430 e. The fraction of sp³-hybridized carbons (Fsp3) is 0.667. The lowest BCUT2D eigenvalue weighted by Crippen LogP contribution is -3.12. The molecule has 0 amide bonds. The molecule has 15 heteroatoms. The lowest BCUT2D eigenvalue weighted by Gasteiger charge is -2.60. The molecular formula is C39H49F4N3O7S. The summed E-state index contributed by atoms with van der Waals surface area (Å²) in [5.74, 6) is -0.875. The molecule has 5 fully saturated rings. The third-order valence-corrected chi connectivity index (χ3v) is 14.4. The molecule has 0 radical (unpaired) electrons. The number of Topliss-reactive ketones (excluding diaryl/α,β-unsaturated/α-hetero) is 1. The van der Waals surface area contributed by atoms with E-state index in [4.69, 9.17) is 24.5 Å². The number of thioether (sulfide) groups is 1. The maximum absolute atomic E-state index is 15.0. The Balaban J connectivity index is 0.000000588. The average Bonchev–Trinajstić information content (AvgIpc) is 3.77. The second kappa shape index (κ2) is 14.6. The van der Waals surface area contributed by atoms with Crippen LogP contribution in [0.25, 0.3) is 11.8 Å². The predicted molar refractivity (Wildman–Crippen MR) is 189 cm³/mol. The van der Waals surface area contributed by atoms with Crippen molar-refractivity contribution in [1.82, 2.24) is 9.78 Å². The molecule has 1 aromatic heterocycles. The second-order valence-electron chi connectivity index (χ2n) is 16.4. The van der Waals surface area contributed by atoms with Gasteiger partial charge in [0.15, 0.2) is 17.7 Å². The van der Waals surface area contributed by atoms with Crippen LogP contribution >= 0.6 is 11.8 Å². The largest absolute Gasteiger partial charge is 0.542 e. The van der Waals surface area contributed by atoms with Crippen molar-refractivity contribution in [2.75, 3.05) is 31.2 Å². The maximum atomic E-state index is 15.0. The summed E-state index contributed by atoms with van der Waals surface area (Å²) in [6, 6.07) is 5.39. The fourth-order valence-electron chi connectivity index (χ4n) is 11.1. The summed E-state index contributed by atoms with van der Waals surface area (Å²) >= 11 is 1.97. The van der Waals surface area contributed by atoms with Gasteiger partial charge in [-0.15, -0.1) is 0 Å². The van der Waals surface area contributed by atoms with Gasteiger partial charge in [0.2, 0.25) is 0 Å². The second-order valence-corrected chi connectivity index (χ2v) is 17.6. The minimum atomic E-state index is -5.19. The highest BCUT2D eigenvalue weighted by molar-refractivity contribution is 7.99. The van der Waals surface area contributed by atoms with Crippen LogP contribution < -0.4 is 10.0 Å². The number of nitrogens with zero attached hydrogens (tertiary/aromatic N) is 2. The molecule has 1 aromatic carbocycles. The molecule has 3 saturated carbocycles. The number of hydrogen-bond donors (Lipinski definition) is 3. The van der Waals surface area contributed by atoms with Crippen LogP contribution in [0.2, 0.25) is 0 Å². The number of fused-ring (bicyclic) bond motifs is 8. The number of allylic oxidation sites excluding steroid dienone is 1. The normalized spacial score (nSPS) is 35.8. The first-order chi connectivity index (χ1) is 25.6. The number of hydrogen-bond acceptors (Lipinski definition) is 9. The van der Waals surface area contributed by atoms with Crippen LogP contribution in [0.1, 0.15) is 76.1 Å². The van der Waals surface area contributed by atoms with E-state index in [9.17, 15) is 32.6 Å². The number of nitrogens with one attached hydrogen (secondary N) is 1. The predicted octanol–water partition coefficient (Wildman–Crippen LogP) is 3.05. The van der Waals surface area contributed by atoms with Gasteiger partial charge in [-0.2, -0.15) is 30.0 Å². The van der Waals surface area contributed by atoms with E-state index in [2.05, 4.69) is 26.8 Å². The van der Waals surface area contributed by atoms with Crippen molar-refractivity contribution in [2.24, 2.45) is 28.6 Å². The number of quaternary nitrogens is 1. The van der Waals surface area contributed by atoms with E-state index < -0.39 is 48.3 Å². The summed E-state index contributed by atoms with van der Waals surface area (Å²) in [4.78, 5) is 23.8. The quantitative estimate of drug-likeness (QED) is 0.363. The summed E-state index contributed by atoms with van der Waals surface area (Å²) in [5, 5.41) is 35.9. The van der Waals surface area contributed by atoms with Crippen molar-refractivity contribution in [2.45, 2.75) is 103 Å². The number of ether oxygens (including phenoxy) is 2. The maximum Gasteiger partial charge on any atom is 0.430 e. The standard InChI is InChI=1S/C37H48FN3O5S.C2HF3O2/c1-4-5-33-45-32-16-27-26-8-6-24-15-29-23(17-35(24,2)34(26)30(43)18-36(27,3)37(32,46-33)31(44)21-42)19-39-41(29)25-7-9-28(38)22(14-25)20-40-10-12-47-13-11-40;3-2(4,5)1(6)7/h7,9,14-15,19,26-27,30,32-34,42-43H,4-6,8,10-13,16-18,20-21H2,1-3H3;(H,6,7)/t26-,27-,30-,32+,33-,34+,35-,36-,37+;/m0./s1. The Labute approximate surface area is 316 Å². The molecule has 10 nitrogen and oxygen atoms in total. The first-order valence-electron chi connectivity index (χ1n) is 19.0. The van der Waals surface area contributed by atoms with Gasteiger partial charge >= 0.3 is 6.18 Å². The van der Waals surface area contributed by atoms with Crippen molar-refractivity contribution < 1.29 is 56.8 Å². The molecule has 2 aliphatic heterocycles. The van der Waals surface area contributed by atoms with Crippen molar-refractivity contribution in [3.05, 3.63) is 52.6 Å². The van der Waals surface area contributed by atoms with E-state index >= 15 is 0 Å². The van der Waals surface area contributed by atoms with Crippen LogP contribution in [-0.4, -0.2) is 93.2 Å². The van der Waals surface area contributed by atoms with E-state index in [0.29, 0.717) is 25.8 Å². The molecule has 0 bridgehead atoms. The van der Waals surface area contributed by atoms with Crippen LogP contribution in [0.15, 0.2) is 30.0 Å². The number of aromatic nitrogens is 2. The molecule has 6 aliphatic rings. The van der Waals surface area contributed by atoms with Gasteiger partial charge < -0.3 is 34.5 Å². The molecule has 0 spiro atoms. The minimum absolute atomic E-state index is 0.0201. The van der Waals surface area contributed by atoms with Crippen LogP contribution in [0.4, 0.5) is 17.6 Å². The number of carbonyl (C=O) groups is 2. The molecule has 9 atom stereocenters. The Bertz CT molecular complexity index is 1800. The third kappa shape index (κ3) is 6.44. The Hall–Kier alpha value is -2.82. The molecule has 8 rings (SSSR count). The Kier molecular flexibility index (Phi) is 10.7. The van der Waals surface area contributed by atoms with E-state index in [0.717, 1.165) is 72.8 Å². The van der Waals surface area contributed by atoms with E-state index in [1.165, 1.54) is 10.5 Å². The molecule has 2 saturated heterocycles. The molecule has 4 aliphatic carbocycles. The summed E-state index contributed by atoms with van der Waals surface area (Å²) in [6.45, 7) is 8.71. The van der Waals surface area contributed by atoms with Crippen molar-refractivity contribution in [1.29, 1.82) is 0 Å². The zero-order valence-corrected chi connectivity index (χ0v) is 31.6. The van der Waals surface area contributed by atoms with Gasteiger partial charge in [0, 0.05) is 22.5 Å². The van der Waals surface area contributed by atoms with Crippen LogP contribution in [0.5, 0.6) is 0 Å². The van der Waals surface area contributed by atoms with E-state index in [1.54, 1.807) is 6.07 Å². The number of aliphatic hydroxyl groups excluding tert-OH is 2. The highest BCUT2D eigenvalue weighted by Crippen LogP contribution is 2.70. The fourth-order valence-corrected chi connectivity index (χ4v) is 12.2. The summed E-state index contributed by atoms with van der Waals surface area (Å²) in [5.41, 5.74) is 3.05. The van der Waals surface area contributed by atoms with Crippen LogP contribution in [0, 0.1) is 34.4 Å². The Morgan fingerprint density at radius 1 is 1.20 bits per heavy atom. The number of aliphatic carboxylic acids is 1. The number of alkyl halides is 3. The summed E-state index contributed by atoms with van der Waals surface area (Å²) in [6.07, 6.45) is 2.88. The number of aliphatic hydroxyl groups is 2. The SMILES string of the molecule is CCC[C@H]1O[C@@H]2C[C@H]3[C@@H]4CCC5=Cc6c(cnn6-c6ccc(F)c(C[NH+]7CCSCC7)c6)C[C@]5(C)[C@H]4[C@@H](O)C[C@]3(C)[C@]2(C(=O)CO)O1.O=C([O-])C(F)(F)F. The highest BCUT2D eigenvalue weighted by Gasteiger charge is 2.75. The number of ketones is 1. The number of halogens is 4. The average molecular weight is 780 g/mol. The van der Waals surface area contributed by atoms with Crippen molar-refractivity contribution in [3.63, 3.8) is 0 Å². The summed E-state index contributed by atoms with van der Waals surface area (Å²) in [7, 11) is 0. The van der Waals surface area contributed by atoms with Crippen LogP contribution in [0.3, 0.4) is 0 Å². The Morgan fingerprint density at radius 2 is 1.93 bits per heavy atom. The van der Waals surface area contributed by atoms with Gasteiger partial charge in [-0.05, 0) is 91.5 Å². The van der Waals surface area contributed by atoms with Crippen molar-refractivity contribution in [3.8, 4) is 5.69 Å². The molecular weight excluding hydrogens is 731 g/mol. The number of benzene rings is 1. The number of carbonyl (C=O) groups excluding carboxylic acids is 2. The van der Waals surface area contributed by atoms with Crippen LogP contribution in [-0.2, 0) is 32.0 Å². The van der Waals surface area contributed by atoms with Gasteiger partial charge in [0.25, 0.3) is 0 Å². The lowest BCUT2D eigenvalue weighted by atomic mass is 9.45. The minimum Gasteiger partial charge on any atom is -0.542 e. The van der Waals surface area contributed by atoms with Gasteiger partial charge in [0.1, 0.15) is 24.9 Å². The zero-order chi connectivity index (χ0) is 38.8. The number of carboxylic acids is 1. The molecule has 2 aromatic rings. The first kappa shape index (κ1) is 39.4. The molecule has 54 heavy (non-hydrogen) atoms. The van der Waals surface area contributed by atoms with E-state index in [-0.39, 0.29) is 34.8 Å². The lowest BCUT2D eigenvalue weighted by molar-refractivity contribution is -0.910. The third-order valence-electron chi connectivity index (χ3n) is 13.4. The first-order valence-corrected chi connectivity index (χ1v) is 20.1. The van der Waals surface area contributed by atoms with E-state index in [1.807, 2.05) is 34.8 Å². The monoisotopic (exact) mass is 779 g/mol. The topological polar surface area (TPSA) is 138 Å². The highest BCUT2D eigenvalue weighted by atomic mass is 32.2. The number of carboxylic acid groups (broad SMARTS) is 1.